The summed E-state index contributed by atoms with van der Waals surface area (Å²) in [5.41, 5.74) is 4.81. The summed E-state index contributed by atoms with van der Waals surface area (Å²) in [6.07, 6.45) is 5.81. The lowest BCUT2D eigenvalue weighted by atomic mass is 9.74. The fourth-order valence-electron chi connectivity index (χ4n) is 5.17. The molecule has 1 aliphatic carbocycles. The number of aromatic amines is 1. The number of nitrogens with zero attached hydrogens (tertiary/aromatic N) is 2. The average molecular weight is 409 g/mol. The van der Waals surface area contributed by atoms with Gasteiger partial charge in [0.15, 0.2) is 0 Å². The van der Waals surface area contributed by atoms with Crippen molar-refractivity contribution >= 4 is 17.6 Å². The van der Waals surface area contributed by atoms with Gasteiger partial charge in [0.25, 0.3) is 5.56 Å². The van der Waals surface area contributed by atoms with Crippen LogP contribution in [-0.2, 0) is 23.0 Å². The molecule has 5 rings (SSSR count). The van der Waals surface area contributed by atoms with E-state index in [-0.39, 0.29) is 16.9 Å². The van der Waals surface area contributed by atoms with Crippen LogP contribution in [0.3, 0.4) is 0 Å². The number of nitrogens with one attached hydrogen (secondary N) is 2. The number of piperidine rings is 1. The molecule has 1 saturated heterocycles. The predicted molar refractivity (Wildman–Crippen MR) is 116 cm³/mol. The maximum Gasteiger partial charge on any atom is 0.338 e. The number of hydrogen-bond donors (Lipinski definition) is 2. The zero-order chi connectivity index (χ0) is 20.7. The third-order valence-electron chi connectivity index (χ3n) is 6.92. The first kappa shape index (κ1) is 19.2. The van der Waals surface area contributed by atoms with Crippen LogP contribution in [-0.4, -0.2) is 42.2 Å². The van der Waals surface area contributed by atoms with E-state index in [4.69, 9.17) is 9.72 Å². The van der Waals surface area contributed by atoms with Gasteiger partial charge >= 0.3 is 5.97 Å². The smallest absolute Gasteiger partial charge is 0.338 e. The molecule has 3 heterocycles. The number of anilines is 2. The number of aromatic nitrogens is 2. The van der Waals surface area contributed by atoms with E-state index in [9.17, 15) is 9.59 Å². The maximum absolute atomic E-state index is 12.5. The molecule has 7 heteroatoms. The van der Waals surface area contributed by atoms with Gasteiger partial charge in [-0.25, -0.2) is 9.78 Å². The molecule has 2 aliphatic heterocycles. The monoisotopic (exact) mass is 408 g/mol. The standard InChI is InChI=1S/C23H28N4O3/c1-2-30-21(29)15-7-8-19-17(13-15)23(14-24-19)9-11-27(12-10-23)22-25-18-6-4-3-5-16(18)20(28)26-22/h7-8,13,24H,2-6,9-12,14H2,1H3,(H,25,26,28). The van der Waals surface area contributed by atoms with Crippen molar-refractivity contribution in [2.75, 3.05) is 36.5 Å². The molecule has 1 aromatic heterocycles. The van der Waals surface area contributed by atoms with Crippen molar-refractivity contribution < 1.29 is 9.53 Å². The highest BCUT2D eigenvalue weighted by Crippen LogP contribution is 2.44. The Kier molecular flexibility index (Phi) is 4.76. The van der Waals surface area contributed by atoms with Crippen molar-refractivity contribution in [3.8, 4) is 0 Å². The van der Waals surface area contributed by atoms with Crippen LogP contribution in [0.5, 0.6) is 0 Å². The molecule has 1 fully saturated rings. The third-order valence-corrected chi connectivity index (χ3v) is 6.92. The van der Waals surface area contributed by atoms with Crippen LogP contribution in [0.1, 0.15) is 59.8 Å². The van der Waals surface area contributed by atoms with E-state index >= 15 is 0 Å². The first-order valence-electron chi connectivity index (χ1n) is 11.0. The van der Waals surface area contributed by atoms with Crippen LogP contribution < -0.4 is 15.8 Å². The number of rotatable bonds is 3. The fraction of sp³-hybridized carbons (Fsp3) is 0.522. The van der Waals surface area contributed by atoms with Crippen molar-refractivity contribution in [2.24, 2.45) is 0 Å². The van der Waals surface area contributed by atoms with E-state index in [0.29, 0.717) is 18.1 Å². The minimum Gasteiger partial charge on any atom is -0.462 e. The van der Waals surface area contributed by atoms with Gasteiger partial charge in [-0.3, -0.25) is 9.78 Å². The largest absolute Gasteiger partial charge is 0.462 e. The summed E-state index contributed by atoms with van der Waals surface area (Å²) in [4.78, 5) is 34.8. The lowest BCUT2D eigenvalue weighted by molar-refractivity contribution is 0.0526. The van der Waals surface area contributed by atoms with E-state index < -0.39 is 0 Å². The molecular formula is C23H28N4O3. The van der Waals surface area contributed by atoms with Crippen molar-refractivity contribution in [2.45, 2.75) is 50.9 Å². The molecule has 0 radical (unpaired) electrons. The summed E-state index contributed by atoms with van der Waals surface area (Å²) in [6, 6.07) is 5.83. The Morgan fingerprint density at radius 2 is 2.03 bits per heavy atom. The van der Waals surface area contributed by atoms with Gasteiger partial charge < -0.3 is 15.0 Å². The Labute approximate surface area is 175 Å². The number of fused-ring (bicyclic) bond motifs is 3. The van der Waals surface area contributed by atoms with Crippen molar-refractivity contribution in [1.82, 2.24) is 9.97 Å². The molecule has 158 valence electrons. The summed E-state index contributed by atoms with van der Waals surface area (Å²) >= 11 is 0. The third kappa shape index (κ3) is 3.16. The second-order valence-electron chi connectivity index (χ2n) is 8.62. The summed E-state index contributed by atoms with van der Waals surface area (Å²) in [5.74, 6) is 0.442. The molecule has 2 aromatic rings. The van der Waals surface area contributed by atoms with Crippen LogP contribution in [0.25, 0.3) is 0 Å². The Hall–Kier alpha value is -2.83. The number of ether oxygens (including phenoxy) is 1. The van der Waals surface area contributed by atoms with Crippen LogP contribution >= 0.6 is 0 Å². The van der Waals surface area contributed by atoms with E-state index in [1.165, 1.54) is 5.56 Å². The molecule has 0 atom stereocenters. The van der Waals surface area contributed by atoms with E-state index in [0.717, 1.165) is 75.1 Å². The van der Waals surface area contributed by atoms with Gasteiger partial charge in [0.1, 0.15) is 0 Å². The Balaban J connectivity index is 1.37. The highest BCUT2D eigenvalue weighted by molar-refractivity contribution is 5.90. The zero-order valence-corrected chi connectivity index (χ0v) is 17.4. The molecule has 1 aromatic carbocycles. The summed E-state index contributed by atoms with van der Waals surface area (Å²) < 4.78 is 5.19. The minimum absolute atomic E-state index is 0.00282. The molecule has 7 nitrogen and oxygen atoms in total. The molecule has 2 N–H and O–H groups in total. The highest BCUT2D eigenvalue weighted by atomic mass is 16.5. The lowest BCUT2D eigenvalue weighted by Crippen LogP contribution is -2.45. The molecule has 3 aliphatic rings. The molecule has 30 heavy (non-hydrogen) atoms. The topological polar surface area (TPSA) is 87.3 Å². The summed E-state index contributed by atoms with van der Waals surface area (Å²) in [7, 11) is 0. The van der Waals surface area contributed by atoms with Gasteiger partial charge in [-0.2, -0.15) is 0 Å². The normalized spacial score (nSPS) is 19.2. The first-order chi connectivity index (χ1) is 14.6. The first-order valence-corrected chi connectivity index (χ1v) is 11.0. The predicted octanol–water partition coefficient (Wildman–Crippen LogP) is 2.79. The molecule has 0 unspecified atom stereocenters. The van der Waals surface area contributed by atoms with Crippen LogP contribution in [0.2, 0.25) is 0 Å². The Bertz CT molecular complexity index is 1040. The van der Waals surface area contributed by atoms with Gasteiger partial charge in [0.2, 0.25) is 5.95 Å². The molecule has 0 saturated carbocycles. The van der Waals surface area contributed by atoms with Crippen LogP contribution in [0.4, 0.5) is 11.6 Å². The molecule has 0 amide bonds. The molecule has 0 bridgehead atoms. The van der Waals surface area contributed by atoms with E-state index in [2.05, 4.69) is 15.2 Å². The number of esters is 1. The second-order valence-corrected chi connectivity index (χ2v) is 8.62. The lowest BCUT2D eigenvalue weighted by Gasteiger charge is -2.39. The zero-order valence-electron chi connectivity index (χ0n) is 17.4. The minimum atomic E-state index is -0.268. The van der Waals surface area contributed by atoms with Crippen molar-refractivity contribution in [3.05, 3.63) is 50.9 Å². The maximum atomic E-state index is 12.5. The second kappa shape index (κ2) is 7.45. The van der Waals surface area contributed by atoms with E-state index in [1.807, 2.05) is 25.1 Å². The molecule has 1 spiro atoms. The van der Waals surface area contributed by atoms with Gasteiger partial charge in [0.05, 0.1) is 17.9 Å². The summed E-state index contributed by atoms with van der Waals surface area (Å²) in [5, 5.41) is 3.52. The number of H-pyrrole nitrogens is 1. The number of benzene rings is 1. The van der Waals surface area contributed by atoms with Crippen LogP contribution in [0, 0.1) is 0 Å². The number of aryl methyl sites for hydroxylation is 1. The van der Waals surface area contributed by atoms with Gasteiger partial charge in [-0.15, -0.1) is 0 Å². The number of carbonyl (C=O) groups is 1. The summed E-state index contributed by atoms with van der Waals surface area (Å²) in [6.45, 7) is 4.72. The van der Waals surface area contributed by atoms with Crippen molar-refractivity contribution in [3.63, 3.8) is 0 Å². The number of carbonyl (C=O) groups excluding carboxylic acids is 1. The van der Waals surface area contributed by atoms with Gasteiger partial charge in [-0.05, 0) is 69.2 Å². The Morgan fingerprint density at radius 1 is 1.23 bits per heavy atom. The fourth-order valence-corrected chi connectivity index (χ4v) is 5.17. The quantitative estimate of drug-likeness (QED) is 0.760. The average Bonchev–Trinajstić information content (AvgIpc) is 3.12. The van der Waals surface area contributed by atoms with Gasteiger partial charge in [-0.1, -0.05) is 0 Å². The Morgan fingerprint density at radius 3 is 2.83 bits per heavy atom. The highest BCUT2D eigenvalue weighted by Gasteiger charge is 2.42. The number of hydrogen-bond acceptors (Lipinski definition) is 6. The SMILES string of the molecule is CCOC(=O)c1ccc2c(c1)C1(CCN(c3nc4c(c(=O)[nH]3)CCCC4)CC1)CN2. The van der Waals surface area contributed by atoms with Crippen LogP contribution in [0.15, 0.2) is 23.0 Å². The molecular weight excluding hydrogens is 380 g/mol. The van der Waals surface area contributed by atoms with Crippen molar-refractivity contribution in [1.29, 1.82) is 0 Å². The van der Waals surface area contributed by atoms with Gasteiger partial charge in [0, 0.05) is 36.3 Å². The van der Waals surface area contributed by atoms with E-state index in [1.54, 1.807) is 0 Å².